The van der Waals surface area contributed by atoms with Crippen LogP contribution >= 0.6 is 0 Å². The number of carbonyl (C=O) groups excluding carboxylic acids is 1. The summed E-state index contributed by atoms with van der Waals surface area (Å²) in [6.07, 6.45) is 1.07. The molecule has 2 atom stereocenters. The van der Waals surface area contributed by atoms with Crippen LogP contribution in [0.25, 0.3) is 0 Å². The topological polar surface area (TPSA) is 61.5 Å². The van der Waals surface area contributed by atoms with Crippen LogP contribution in [0.15, 0.2) is 0 Å². The number of esters is 1. The molecule has 2 unspecified atom stereocenters. The Bertz CT molecular complexity index is 310. The molecule has 17 heavy (non-hydrogen) atoms. The van der Waals surface area contributed by atoms with Crippen molar-refractivity contribution in [2.45, 2.75) is 64.7 Å². The third-order valence-electron chi connectivity index (χ3n) is 4.03. The van der Waals surface area contributed by atoms with Gasteiger partial charge in [-0.15, -0.1) is 0 Å². The van der Waals surface area contributed by atoms with E-state index in [1.807, 2.05) is 34.6 Å². The van der Waals surface area contributed by atoms with Crippen LogP contribution in [0.1, 0.15) is 47.5 Å². The van der Waals surface area contributed by atoms with Gasteiger partial charge in [0.05, 0.1) is 24.7 Å². The first-order valence-corrected chi connectivity index (χ1v) is 6.09. The van der Waals surface area contributed by atoms with E-state index in [-0.39, 0.29) is 23.0 Å². The SMILES string of the molecule is COC(=O)CC1(C(C)N)CC(C)(C)OC1(C)C. The highest BCUT2D eigenvalue weighted by molar-refractivity contribution is 5.70. The Morgan fingerprint density at radius 1 is 1.41 bits per heavy atom. The van der Waals surface area contributed by atoms with Crippen molar-refractivity contribution in [3.05, 3.63) is 0 Å². The van der Waals surface area contributed by atoms with E-state index in [2.05, 4.69) is 0 Å². The lowest BCUT2D eigenvalue weighted by atomic mass is 9.65. The lowest BCUT2D eigenvalue weighted by Gasteiger charge is -2.42. The Morgan fingerprint density at radius 2 is 1.94 bits per heavy atom. The summed E-state index contributed by atoms with van der Waals surface area (Å²) in [5.74, 6) is -0.225. The van der Waals surface area contributed by atoms with Crippen LogP contribution in [-0.4, -0.2) is 30.3 Å². The number of hydrogen-bond donors (Lipinski definition) is 1. The summed E-state index contributed by atoms with van der Waals surface area (Å²) in [7, 11) is 1.41. The van der Waals surface area contributed by atoms with E-state index in [4.69, 9.17) is 15.2 Å². The lowest BCUT2D eigenvalue weighted by molar-refractivity contribution is -0.149. The highest BCUT2D eigenvalue weighted by Crippen LogP contribution is 2.54. The summed E-state index contributed by atoms with van der Waals surface area (Å²) in [5, 5.41) is 0. The Kier molecular flexibility index (Phi) is 3.61. The number of hydrogen-bond acceptors (Lipinski definition) is 4. The Labute approximate surface area is 104 Å². The molecule has 0 aromatic heterocycles. The van der Waals surface area contributed by atoms with Gasteiger partial charge < -0.3 is 15.2 Å². The van der Waals surface area contributed by atoms with Gasteiger partial charge in [-0.05, 0) is 41.0 Å². The second kappa shape index (κ2) is 4.25. The van der Waals surface area contributed by atoms with E-state index in [1.54, 1.807) is 0 Å². The second-order valence-electron chi connectivity index (χ2n) is 6.25. The molecule has 4 nitrogen and oxygen atoms in total. The molecule has 0 aliphatic carbocycles. The molecule has 0 aromatic carbocycles. The molecule has 1 rings (SSSR count). The van der Waals surface area contributed by atoms with Crippen LogP contribution in [-0.2, 0) is 14.3 Å². The molecule has 1 heterocycles. The van der Waals surface area contributed by atoms with E-state index in [9.17, 15) is 4.79 Å². The van der Waals surface area contributed by atoms with Crippen LogP contribution < -0.4 is 5.73 Å². The van der Waals surface area contributed by atoms with Gasteiger partial charge in [-0.1, -0.05) is 0 Å². The van der Waals surface area contributed by atoms with Crippen molar-refractivity contribution in [1.29, 1.82) is 0 Å². The number of carbonyl (C=O) groups is 1. The average molecular weight is 243 g/mol. The summed E-state index contributed by atoms with van der Waals surface area (Å²) < 4.78 is 10.9. The Hall–Kier alpha value is -0.610. The summed E-state index contributed by atoms with van der Waals surface area (Å²) in [4.78, 5) is 11.6. The molecule has 1 aliphatic rings. The fraction of sp³-hybridized carbons (Fsp3) is 0.923. The van der Waals surface area contributed by atoms with Gasteiger partial charge in [-0.3, -0.25) is 4.79 Å². The summed E-state index contributed by atoms with van der Waals surface area (Å²) in [5.41, 5.74) is 5.08. The van der Waals surface area contributed by atoms with Crippen LogP contribution in [0.3, 0.4) is 0 Å². The lowest BCUT2D eigenvalue weighted by Crippen LogP contribution is -2.52. The molecule has 100 valence electrons. The molecule has 0 saturated carbocycles. The second-order valence-corrected chi connectivity index (χ2v) is 6.25. The minimum absolute atomic E-state index is 0.127. The van der Waals surface area contributed by atoms with Crippen molar-refractivity contribution >= 4 is 5.97 Å². The van der Waals surface area contributed by atoms with Crippen molar-refractivity contribution < 1.29 is 14.3 Å². The molecule has 4 heteroatoms. The summed E-state index contributed by atoms with van der Waals surface area (Å²) >= 11 is 0. The first-order chi connectivity index (χ1) is 7.56. The highest BCUT2D eigenvalue weighted by atomic mass is 16.5. The van der Waals surface area contributed by atoms with Gasteiger partial charge in [0.15, 0.2) is 0 Å². The van der Waals surface area contributed by atoms with E-state index >= 15 is 0 Å². The molecular formula is C13H25NO3. The first-order valence-electron chi connectivity index (χ1n) is 6.09. The molecule has 0 bridgehead atoms. The molecule has 1 saturated heterocycles. The van der Waals surface area contributed by atoms with Crippen molar-refractivity contribution in [1.82, 2.24) is 0 Å². The third kappa shape index (κ3) is 2.47. The molecular weight excluding hydrogens is 218 g/mol. The van der Waals surface area contributed by atoms with Crippen molar-refractivity contribution in [2.24, 2.45) is 11.1 Å². The Balaban J connectivity index is 3.11. The molecule has 0 spiro atoms. The maximum Gasteiger partial charge on any atom is 0.306 e. The van der Waals surface area contributed by atoms with Gasteiger partial charge in [0.25, 0.3) is 0 Å². The largest absolute Gasteiger partial charge is 0.469 e. The summed E-state index contributed by atoms with van der Waals surface area (Å²) in [6, 6.07) is -0.127. The number of rotatable bonds is 3. The molecule has 0 amide bonds. The van der Waals surface area contributed by atoms with Crippen molar-refractivity contribution in [2.75, 3.05) is 7.11 Å². The van der Waals surface area contributed by atoms with Gasteiger partial charge in [-0.2, -0.15) is 0 Å². The average Bonchev–Trinajstić information content (AvgIpc) is 2.31. The van der Waals surface area contributed by atoms with E-state index < -0.39 is 5.60 Å². The van der Waals surface area contributed by atoms with Gasteiger partial charge in [0.1, 0.15) is 0 Å². The van der Waals surface area contributed by atoms with Gasteiger partial charge >= 0.3 is 5.97 Å². The molecule has 0 radical (unpaired) electrons. The quantitative estimate of drug-likeness (QED) is 0.769. The first kappa shape index (κ1) is 14.5. The van der Waals surface area contributed by atoms with Crippen LogP contribution in [0.5, 0.6) is 0 Å². The molecule has 1 fully saturated rings. The zero-order valence-electron chi connectivity index (χ0n) is 11.8. The maximum absolute atomic E-state index is 11.6. The van der Waals surface area contributed by atoms with Crippen LogP contribution in [0, 0.1) is 5.41 Å². The van der Waals surface area contributed by atoms with Gasteiger partial charge in [-0.25, -0.2) is 0 Å². The van der Waals surface area contributed by atoms with Crippen LogP contribution in [0.4, 0.5) is 0 Å². The molecule has 0 aromatic rings. The number of nitrogens with two attached hydrogens (primary N) is 1. The van der Waals surface area contributed by atoms with E-state index in [1.165, 1.54) is 7.11 Å². The van der Waals surface area contributed by atoms with E-state index in [0.29, 0.717) is 6.42 Å². The maximum atomic E-state index is 11.6. The smallest absolute Gasteiger partial charge is 0.306 e. The Morgan fingerprint density at radius 3 is 2.24 bits per heavy atom. The third-order valence-corrected chi connectivity index (χ3v) is 4.03. The fourth-order valence-electron chi connectivity index (χ4n) is 3.28. The zero-order valence-corrected chi connectivity index (χ0v) is 11.8. The summed E-state index contributed by atoms with van der Waals surface area (Å²) in [6.45, 7) is 10.0. The van der Waals surface area contributed by atoms with E-state index in [0.717, 1.165) is 6.42 Å². The molecule has 2 N–H and O–H groups in total. The zero-order chi connectivity index (χ0) is 13.5. The minimum atomic E-state index is -0.432. The molecule has 1 aliphatic heterocycles. The number of ether oxygens (including phenoxy) is 2. The standard InChI is InChI=1S/C13H25NO3/c1-9(14)13(7-10(15)16-6)8-11(2,3)17-12(13,4)5/h9H,7-8,14H2,1-6H3. The predicted octanol–water partition coefficient (Wildman–Crippen LogP) is 1.86. The van der Waals surface area contributed by atoms with Crippen LogP contribution in [0.2, 0.25) is 0 Å². The van der Waals surface area contributed by atoms with Crippen molar-refractivity contribution in [3.8, 4) is 0 Å². The minimum Gasteiger partial charge on any atom is -0.469 e. The highest BCUT2D eigenvalue weighted by Gasteiger charge is 2.59. The van der Waals surface area contributed by atoms with Crippen molar-refractivity contribution in [3.63, 3.8) is 0 Å². The fourth-order valence-corrected chi connectivity index (χ4v) is 3.28. The normalized spacial score (nSPS) is 32.2. The number of methoxy groups -OCH3 is 1. The predicted molar refractivity (Wildman–Crippen MR) is 66.6 cm³/mol. The van der Waals surface area contributed by atoms with Gasteiger partial charge in [0.2, 0.25) is 0 Å². The monoisotopic (exact) mass is 243 g/mol. The van der Waals surface area contributed by atoms with Gasteiger partial charge in [0, 0.05) is 11.5 Å².